The van der Waals surface area contributed by atoms with E-state index >= 15 is 0 Å². The molecule has 202 valence electrons. The summed E-state index contributed by atoms with van der Waals surface area (Å²) in [5.41, 5.74) is 2.24. The lowest BCUT2D eigenvalue weighted by molar-refractivity contribution is -0.384. The number of piperidine rings is 1. The summed E-state index contributed by atoms with van der Waals surface area (Å²) in [5, 5.41) is 35.2. The van der Waals surface area contributed by atoms with Crippen molar-refractivity contribution < 1.29 is 24.7 Å². The van der Waals surface area contributed by atoms with Gasteiger partial charge in [-0.2, -0.15) is 0 Å². The predicted octanol–water partition coefficient (Wildman–Crippen LogP) is 3.23. The maximum absolute atomic E-state index is 12.0. The van der Waals surface area contributed by atoms with Crippen LogP contribution in [-0.4, -0.2) is 63.8 Å². The third kappa shape index (κ3) is 3.86. The monoisotopic (exact) mass is 521 g/mol. The van der Waals surface area contributed by atoms with Crippen LogP contribution in [0.2, 0.25) is 0 Å². The van der Waals surface area contributed by atoms with Crippen LogP contribution in [0.5, 0.6) is 11.5 Å². The summed E-state index contributed by atoms with van der Waals surface area (Å²) < 4.78 is 6.27. The molecule has 38 heavy (non-hydrogen) atoms. The van der Waals surface area contributed by atoms with Crippen LogP contribution in [0.1, 0.15) is 55.2 Å². The highest BCUT2D eigenvalue weighted by molar-refractivity contribution is 5.78. The SMILES string of the molecule is CNC(=O)Cc1ccc([N+](=O)[O-])cc1.Oc1ccc2c3c1O[C@H]1CCC[C@@]4(O)[C@@H](C2)N(CC2CC2)CC[C@]314. The number of aliphatic hydroxyl groups is 1. The van der Waals surface area contributed by atoms with Crippen molar-refractivity contribution in [2.75, 3.05) is 20.1 Å². The van der Waals surface area contributed by atoms with E-state index in [-0.39, 0.29) is 41.3 Å². The Kier molecular flexibility index (Phi) is 6.11. The fourth-order valence-electron chi connectivity index (χ4n) is 7.49. The summed E-state index contributed by atoms with van der Waals surface area (Å²) in [5.74, 6) is 1.66. The molecule has 9 heteroatoms. The zero-order valence-electron chi connectivity index (χ0n) is 21.7. The van der Waals surface area contributed by atoms with Crippen molar-refractivity contribution >= 4 is 11.6 Å². The van der Waals surface area contributed by atoms with E-state index in [1.54, 1.807) is 25.2 Å². The number of aromatic hydroxyl groups is 1. The van der Waals surface area contributed by atoms with Gasteiger partial charge in [0.25, 0.3) is 5.69 Å². The summed E-state index contributed by atoms with van der Waals surface area (Å²) in [6, 6.07) is 10.00. The minimum absolute atomic E-state index is 0.0316. The van der Waals surface area contributed by atoms with Crippen LogP contribution in [0, 0.1) is 16.0 Å². The molecule has 3 aliphatic carbocycles. The fourth-order valence-corrected chi connectivity index (χ4v) is 7.49. The van der Waals surface area contributed by atoms with E-state index in [1.165, 1.54) is 30.5 Å². The average Bonchev–Trinajstić information content (AvgIpc) is 3.65. The van der Waals surface area contributed by atoms with E-state index in [9.17, 15) is 25.1 Å². The Hall–Kier alpha value is -3.17. The second-order valence-corrected chi connectivity index (χ2v) is 11.5. The number of non-ortho nitro benzene ring substituents is 1. The van der Waals surface area contributed by atoms with Gasteiger partial charge in [0, 0.05) is 37.3 Å². The molecule has 1 amide bonds. The summed E-state index contributed by atoms with van der Waals surface area (Å²) in [7, 11) is 1.55. The Morgan fingerprint density at radius 2 is 1.95 bits per heavy atom. The zero-order valence-corrected chi connectivity index (χ0v) is 21.7. The number of benzene rings is 2. The summed E-state index contributed by atoms with van der Waals surface area (Å²) in [6.07, 6.45) is 7.71. The van der Waals surface area contributed by atoms with Crippen molar-refractivity contribution in [3.63, 3.8) is 0 Å². The number of hydrogen-bond acceptors (Lipinski definition) is 7. The number of nitro groups is 1. The van der Waals surface area contributed by atoms with Gasteiger partial charge in [-0.25, -0.2) is 0 Å². The predicted molar refractivity (Wildman–Crippen MR) is 140 cm³/mol. The van der Waals surface area contributed by atoms with Crippen LogP contribution in [0.25, 0.3) is 0 Å². The van der Waals surface area contributed by atoms with Crippen molar-refractivity contribution in [1.82, 2.24) is 10.2 Å². The number of nitrogens with zero attached hydrogens (tertiary/aromatic N) is 2. The molecule has 0 radical (unpaired) electrons. The standard InChI is InChI=1S/C20H25NO3.C9H10N2O3/c22-14-6-5-13-10-15-20(23)7-1-2-16-19(20,17(13)18(14)24-16)8-9-21(15)11-12-3-4-12;1-10-9(12)6-7-2-4-8(5-3-7)11(13)14/h5-6,12,15-16,22-23H,1-4,7-11H2;2-5H,6H2,1H3,(H,10,12)/t15-,16+,19-,20-;/m1./s1. The van der Waals surface area contributed by atoms with E-state index in [0.717, 1.165) is 62.2 Å². The minimum atomic E-state index is -0.699. The van der Waals surface area contributed by atoms with E-state index in [1.807, 2.05) is 0 Å². The molecular weight excluding hydrogens is 486 g/mol. The molecule has 2 bridgehead atoms. The number of phenols is 1. The summed E-state index contributed by atoms with van der Waals surface area (Å²) >= 11 is 0. The highest BCUT2D eigenvalue weighted by atomic mass is 16.6. The quantitative estimate of drug-likeness (QED) is 0.408. The summed E-state index contributed by atoms with van der Waals surface area (Å²) in [6.45, 7) is 2.20. The topological polar surface area (TPSA) is 125 Å². The Bertz CT molecular complexity index is 1260. The third-order valence-electron chi connectivity index (χ3n) is 9.45. The number of hydrogen-bond donors (Lipinski definition) is 3. The van der Waals surface area contributed by atoms with E-state index in [2.05, 4.69) is 16.3 Å². The Morgan fingerprint density at radius 3 is 2.63 bits per heavy atom. The number of nitro benzene ring substituents is 1. The van der Waals surface area contributed by atoms with Gasteiger partial charge in [-0.05, 0) is 74.6 Å². The molecule has 3 N–H and O–H groups in total. The number of phenolic OH excluding ortho intramolecular Hbond substituents is 1. The second kappa shape index (κ2) is 9.24. The smallest absolute Gasteiger partial charge is 0.269 e. The van der Waals surface area contributed by atoms with Gasteiger partial charge < -0.3 is 20.3 Å². The lowest BCUT2D eigenvalue weighted by Gasteiger charge is -2.63. The molecular formula is C29H35N3O6. The molecule has 0 aromatic heterocycles. The molecule has 7 rings (SSSR count). The van der Waals surface area contributed by atoms with Gasteiger partial charge in [0.05, 0.1) is 22.4 Å². The number of rotatable bonds is 5. The van der Waals surface area contributed by atoms with Gasteiger partial charge in [-0.1, -0.05) is 18.2 Å². The highest BCUT2D eigenvalue weighted by Gasteiger charge is 2.71. The van der Waals surface area contributed by atoms with Crippen LogP contribution >= 0.6 is 0 Å². The van der Waals surface area contributed by atoms with Crippen LogP contribution in [0.15, 0.2) is 36.4 Å². The first-order valence-electron chi connectivity index (χ1n) is 13.7. The van der Waals surface area contributed by atoms with E-state index in [0.29, 0.717) is 5.75 Å². The van der Waals surface area contributed by atoms with Crippen molar-refractivity contribution in [2.24, 2.45) is 5.92 Å². The summed E-state index contributed by atoms with van der Waals surface area (Å²) in [4.78, 5) is 23.4. The van der Waals surface area contributed by atoms with Gasteiger partial charge in [0.1, 0.15) is 6.10 Å². The molecule has 9 nitrogen and oxygen atoms in total. The van der Waals surface area contributed by atoms with Crippen molar-refractivity contribution in [1.29, 1.82) is 0 Å². The molecule has 4 atom stereocenters. The molecule has 2 heterocycles. The highest BCUT2D eigenvalue weighted by Crippen LogP contribution is 2.65. The minimum Gasteiger partial charge on any atom is -0.504 e. The van der Waals surface area contributed by atoms with Crippen LogP contribution in [0.4, 0.5) is 5.69 Å². The number of carbonyl (C=O) groups is 1. The van der Waals surface area contributed by atoms with Crippen molar-refractivity contribution in [3.05, 3.63) is 63.2 Å². The molecule has 2 saturated carbocycles. The first-order valence-corrected chi connectivity index (χ1v) is 13.7. The van der Waals surface area contributed by atoms with Gasteiger partial charge in [0.2, 0.25) is 5.91 Å². The molecule has 1 saturated heterocycles. The Balaban J connectivity index is 0.000000163. The lowest BCUT2D eigenvalue weighted by Crippen LogP contribution is -2.75. The molecule has 0 unspecified atom stereocenters. The average molecular weight is 522 g/mol. The first-order chi connectivity index (χ1) is 18.3. The van der Waals surface area contributed by atoms with Crippen LogP contribution < -0.4 is 10.1 Å². The first kappa shape index (κ1) is 25.1. The molecule has 2 aromatic rings. The fraction of sp³-hybridized carbons (Fsp3) is 0.552. The number of amides is 1. The molecule has 3 fully saturated rings. The maximum Gasteiger partial charge on any atom is 0.269 e. The van der Waals surface area contributed by atoms with Gasteiger partial charge in [-0.3, -0.25) is 19.8 Å². The zero-order chi connectivity index (χ0) is 26.7. The van der Waals surface area contributed by atoms with Gasteiger partial charge >= 0.3 is 0 Å². The number of ether oxygens (including phenoxy) is 1. The van der Waals surface area contributed by atoms with Crippen LogP contribution in [-0.2, 0) is 23.1 Å². The second-order valence-electron chi connectivity index (χ2n) is 11.5. The molecule has 2 aliphatic heterocycles. The lowest BCUT2D eigenvalue weighted by atomic mass is 9.49. The third-order valence-corrected chi connectivity index (χ3v) is 9.45. The maximum atomic E-state index is 12.0. The number of nitrogens with one attached hydrogen (secondary N) is 1. The van der Waals surface area contributed by atoms with Gasteiger partial charge in [0.15, 0.2) is 11.5 Å². The molecule has 5 aliphatic rings. The van der Waals surface area contributed by atoms with E-state index < -0.39 is 10.5 Å². The number of likely N-dealkylation sites (tertiary alicyclic amines) is 1. The van der Waals surface area contributed by atoms with Gasteiger partial charge in [-0.15, -0.1) is 0 Å². The van der Waals surface area contributed by atoms with E-state index in [4.69, 9.17) is 4.74 Å². The van der Waals surface area contributed by atoms with Crippen LogP contribution in [0.3, 0.4) is 0 Å². The number of carbonyl (C=O) groups excluding carboxylic acids is 1. The number of likely N-dealkylation sites (N-methyl/N-ethyl adjacent to an activating group) is 1. The Morgan fingerprint density at radius 1 is 1.18 bits per heavy atom. The van der Waals surface area contributed by atoms with Crippen molar-refractivity contribution in [2.45, 2.75) is 74.5 Å². The largest absolute Gasteiger partial charge is 0.504 e. The molecule has 1 spiro atoms. The normalized spacial score (nSPS) is 30.4. The Labute approximate surface area is 221 Å². The van der Waals surface area contributed by atoms with Crippen molar-refractivity contribution in [3.8, 4) is 11.5 Å². The molecule has 2 aromatic carbocycles.